The normalized spacial score (nSPS) is 23.6. The number of ether oxygens (including phenoxy) is 1. The van der Waals surface area contributed by atoms with Crippen molar-refractivity contribution in [2.45, 2.75) is 25.2 Å². The van der Waals surface area contributed by atoms with Gasteiger partial charge in [0.25, 0.3) is 0 Å². The van der Waals surface area contributed by atoms with Gasteiger partial charge >= 0.3 is 5.97 Å². The van der Waals surface area contributed by atoms with E-state index in [1.54, 1.807) is 0 Å². The fourth-order valence-corrected chi connectivity index (χ4v) is 2.23. The number of carbonyl (C=O) groups excluding carboxylic acids is 1. The number of aliphatic hydroxyl groups is 1. The van der Waals surface area contributed by atoms with Crippen LogP contribution in [0.1, 0.15) is 12.0 Å². The molecule has 0 spiro atoms. The Morgan fingerprint density at radius 1 is 1.59 bits per heavy atom. The zero-order valence-electron chi connectivity index (χ0n) is 9.23. The summed E-state index contributed by atoms with van der Waals surface area (Å²) in [6, 6.07) is 7.24. The number of carbonyl (C=O) groups is 1. The molecule has 17 heavy (non-hydrogen) atoms. The Labute approximate surface area is 108 Å². The van der Waals surface area contributed by atoms with Crippen molar-refractivity contribution in [1.82, 2.24) is 5.32 Å². The third-order valence-corrected chi connectivity index (χ3v) is 3.16. The van der Waals surface area contributed by atoms with Gasteiger partial charge in [-0.3, -0.25) is 4.79 Å². The van der Waals surface area contributed by atoms with Gasteiger partial charge in [-0.2, -0.15) is 0 Å². The first-order valence-corrected chi connectivity index (χ1v) is 6.27. The van der Waals surface area contributed by atoms with Crippen molar-refractivity contribution >= 4 is 21.9 Å². The second kappa shape index (κ2) is 5.62. The summed E-state index contributed by atoms with van der Waals surface area (Å²) in [7, 11) is 0. The highest BCUT2D eigenvalue weighted by molar-refractivity contribution is 9.10. The van der Waals surface area contributed by atoms with Crippen LogP contribution < -0.4 is 5.32 Å². The molecule has 1 saturated heterocycles. The van der Waals surface area contributed by atoms with E-state index in [0.717, 1.165) is 10.0 Å². The molecule has 0 radical (unpaired) electrons. The summed E-state index contributed by atoms with van der Waals surface area (Å²) in [5.74, 6) is -0.304. The van der Waals surface area contributed by atoms with Gasteiger partial charge in [-0.25, -0.2) is 0 Å². The Hall–Kier alpha value is -0.910. The summed E-state index contributed by atoms with van der Waals surface area (Å²) < 4.78 is 6.14. The van der Waals surface area contributed by atoms with Gasteiger partial charge in [-0.1, -0.05) is 28.1 Å². The fourth-order valence-electron chi connectivity index (χ4n) is 1.78. The molecular formula is C12H14BrNO3. The predicted octanol–water partition coefficient (Wildman–Crippen LogP) is 1.22. The van der Waals surface area contributed by atoms with E-state index in [1.807, 2.05) is 24.3 Å². The lowest BCUT2D eigenvalue weighted by molar-refractivity contribution is -0.147. The van der Waals surface area contributed by atoms with E-state index >= 15 is 0 Å². The molecule has 0 amide bonds. The molecule has 1 heterocycles. The van der Waals surface area contributed by atoms with Crippen molar-refractivity contribution in [2.75, 3.05) is 6.54 Å². The van der Waals surface area contributed by atoms with Gasteiger partial charge in [-0.15, -0.1) is 0 Å². The molecule has 2 N–H and O–H groups in total. The van der Waals surface area contributed by atoms with Crippen LogP contribution in [0.2, 0.25) is 0 Å². The molecule has 1 aliphatic heterocycles. The minimum atomic E-state index is -0.446. The zero-order chi connectivity index (χ0) is 12.3. The summed E-state index contributed by atoms with van der Waals surface area (Å²) >= 11 is 3.36. The molecule has 4 nitrogen and oxygen atoms in total. The van der Waals surface area contributed by atoms with Crippen molar-refractivity contribution < 1.29 is 14.6 Å². The Balaban J connectivity index is 1.84. The van der Waals surface area contributed by atoms with E-state index in [-0.39, 0.29) is 18.6 Å². The van der Waals surface area contributed by atoms with Crippen molar-refractivity contribution in [3.8, 4) is 0 Å². The van der Waals surface area contributed by atoms with E-state index in [1.165, 1.54) is 0 Å². The third-order valence-electron chi connectivity index (χ3n) is 2.66. The quantitative estimate of drug-likeness (QED) is 0.824. The van der Waals surface area contributed by atoms with Crippen molar-refractivity contribution in [1.29, 1.82) is 0 Å². The van der Waals surface area contributed by atoms with Crippen LogP contribution in [0.4, 0.5) is 0 Å². The Morgan fingerprint density at radius 2 is 2.41 bits per heavy atom. The van der Waals surface area contributed by atoms with Gasteiger partial charge < -0.3 is 15.2 Å². The predicted molar refractivity (Wildman–Crippen MR) is 66.4 cm³/mol. The fraction of sp³-hybridized carbons (Fsp3) is 0.417. The summed E-state index contributed by atoms with van der Waals surface area (Å²) in [5.41, 5.74) is 0.936. The first kappa shape index (κ1) is 12.5. The van der Waals surface area contributed by atoms with Gasteiger partial charge in [0.05, 0.1) is 6.10 Å². The van der Waals surface area contributed by atoms with Crippen LogP contribution in [0.3, 0.4) is 0 Å². The Kier molecular flexibility index (Phi) is 4.15. The molecule has 2 atom stereocenters. The Bertz CT molecular complexity index is 410. The molecule has 1 fully saturated rings. The average Bonchev–Trinajstić information content (AvgIpc) is 2.73. The molecule has 2 rings (SSSR count). The second-order valence-corrected chi connectivity index (χ2v) is 5.00. The number of hydrogen-bond donors (Lipinski definition) is 2. The van der Waals surface area contributed by atoms with Crippen LogP contribution in [-0.4, -0.2) is 29.8 Å². The van der Waals surface area contributed by atoms with Crippen LogP contribution in [0.15, 0.2) is 28.7 Å². The van der Waals surface area contributed by atoms with Crippen molar-refractivity contribution in [2.24, 2.45) is 0 Å². The summed E-state index contributed by atoms with van der Waals surface area (Å²) in [6.45, 7) is 0.712. The Morgan fingerprint density at radius 3 is 3.06 bits per heavy atom. The van der Waals surface area contributed by atoms with Gasteiger partial charge in [-0.05, 0) is 17.7 Å². The maximum atomic E-state index is 11.6. The van der Waals surface area contributed by atoms with E-state index < -0.39 is 6.10 Å². The SMILES string of the molecule is O=C(OCc1cccc(Br)c1)[C@@H]1CC(O)CN1. The standard InChI is InChI=1S/C12H14BrNO3/c13-9-3-1-2-8(4-9)7-17-12(16)11-5-10(15)6-14-11/h1-4,10-11,14-15H,5-7H2/t10?,11-/m0/s1. The first-order valence-electron chi connectivity index (χ1n) is 5.47. The average molecular weight is 300 g/mol. The molecule has 92 valence electrons. The molecule has 1 aliphatic rings. The van der Waals surface area contributed by atoms with Crippen LogP contribution >= 0.6 is 15.9 Å². The van der Waals surface area contributed by atoms with Gasteiger partial charge in [0.15, 0.2) is 0 Å². The van der Waals surface area contributed by atoms with Gasteiger partial charge in [0.1, 0.15) is 12.6 Å². The van der Waals surface area contributed by atoms with Crippen molar-refractivity contribution in [3.05, 3.63) is 34.3 Å². The monoisotopic (exact) mass is 299 g/mol. The summed E-state index contributed by atoms with van der Waals surface area (Å²) in [5, 5.41) is 12.2. The van der Waals surface area contributed by atoms with E-state index in [4.69, 9.17) is 4.74 Å². The van der Waals surface area contributed by atoms with Crippen LogP contribution in [0, 0.1) is 0 Å². The summed E-state index contributed by atoms with van der Waals surface area (Å²) in [4.78, 5) is 11.6. The van der Waals surface area contributed by atoms with Crippen LogP contribution in [0.5, 0.6) is 0 Å². The molecule has 5 heteroatoms. The molecule has 0 aromatic heterocycles. The maximum Gasteiger partial charge on any atom is 0.323 e. The first-order chi connectivity index (χ1) is 8.15. The van der Waals surface area contributed by atoms with Gasteiger partial charge in [0, 0.05) is 17.4 Å². The smallest absolute Gasteiger partial charge is 0.323 e. The highest BCUT2D eigenvalue weighted by atomic mass is 79.9. The second-order valence-electron chi connectivity index (χ2n) is 4.09. The molecule has 1 aromatic rings. The minimum absolute atomic E-state index is 0.256. The lowest BCUT2D eigenvalue weighted by atomic mass is 10.2. The van der Waals surface area contributed by atoms with Crippen LogP contribution in [-0.2, 0) is 16.1 Å². The molecule has 1 unspecified atom stereocenters. The number of nitrogens with one attached hydrogen (secondary N) is 1. The molecule has 1 aromatic carbocycles. The number of aliphatic hydroxyl groups excluding tert-OH is 1. The largest absolute Gasteiger partial charge is 0.460 e. The maximum absolute atomic E-state index is 11.6. The van der Waals surface area contributed by atoms with E-state index in [0.29, 0.717) is 13.0 Å². The number of esters is 1. The highest BCUT2D eigenvalue weighted by Gasteiger charge is 2.29. The van der Waals surface area contributed by atoms with E-state index in [9.17, 15) is 9.90 Å². The number of benzene rings is 1. The number of halogens is 1. The zero-order valence-corrected chi connectivity index (χ0v) is 10.8. The lowest BCUT2D eigenvalue weighted by Crippen LogP contribution is -2.32. The summed E-state index contributed by atoms with van der Waals surface area (Å²) in [6.07, 6.45) is -0.0180. The van der Waals surface area contributed by atoms with E-state index in [2.05, 4.69) is 21.2 Å². The number of hydrogen-bond acceptors (Lipinski definition) is 4. The highest BCUT2D eigenvalue weighted by Crippen LogP contribution is 2.13. The number of rotatable bonds is 3. The lowest BCUT2D eigenvalue weighted by Gasteiger charge is -2.10. The van der Waals surface area contributed by atoms with Crippen LogP contribution in [0.25, 0.3) is 0 Å². The minimum Gasteiger partial charge on any atom is -0.460 e. The third kappa shape index (κ3) is 3.52. The topological polar surface area (TPSA) is 58.6 Å². The molecular weight excluding hydrogens is 286 g/mol. The van der Waals surface area contributed by atoms with Crippen molar-refractivity contribution in [3.63, 3.8) is 0 Å². The number of β-amino-alcohol motifs (C(OH)–C–C–N with tert-alkyl or cyclic N) is 1. The molecule has 0 bridgehead atoms. The van der Waals surface area contributed by atoms with Gasteiger partial charge in [0.2, 0.25) is 0 Å². The molecule has 0 saturated carbocycles. The molecule has 0 aliphatic carbocycles.